The third kappa shape index (κ3) is 6.92. The number of hydrogen-bond acceptors (Lipinski definition) is 6. The normalized spacial score (nSPS) is 10.7. The first kappa shape index (κ1) is 21.1. The second kappa shape index (κ2) is 9.55. The fourth-order valence-electron chi connectivity index (χ4n) is 1.69. The van der Waals surface area contributed by atoms with E-state index < -0.39 is 34.5 Å². The molecule has 0 aromatic heterocycles. The average Bonchev–Trinajstić information content (AvgIpc) is 2.57. The molecule has 0 aliphatic carbocycles. The van der Waals surface area contributed by atoms with Crippen molar-refractivity contribution < 1.29 is 27.5 Å². The van der Waals surface area contributed by atoms with E-state index in [1.807, 2.05) is 5.32 Å². The van der Waals surface area contributed by atoms with E-state index in [4.69, 9.17) is 11.2 Å². The number of hydrogen-bond donors (Lipinski definition) is 3. The molecule has 0 unspecified atom stereocenters. The van der Waals surface area contributed by atoms with Gasteiger partial charge in [0.2, 0.25) is 10.0 Å². The monoisotopic (exact) mass is 381 g/mol. The smallest absolute Gasteiger partial charge is 0.338 e. The van der Waals surface area contributed by atoms with Gasteiger partial charge in [0.1, 0.15) is 0 Å². The second-order valence-corrected chi connectivity index (χ2v) is 7.08. The fraction of sp³-hybridized carbons (Fsp3) is 0.312. The summed E-state index contributed by atoms with van der Waals surface area (Å²) in [7, 11) is -3.87. The number of nitrogens with one attached hydrogen (secondary N) is 3. The number of terminal acetylenes is 1. The Bertz CT molecular complexity index is 827. The minimum Gasteiger partial charge on any atom is -0.452 e. The molecule has 0 aliphatic rings. The van der Waals surface area contributed by atoms with Crippen LogP contribution in [-0.4, -0.2) is 45.5 Å². The van der Waals surface area contributed by atoms with Gasteiger partial charge in [-0.05, 0) is 32.0 Å². The summed E-state index contributed by atoms with van der Waals surface area (Å²) in [5.41, 5.74) is -0.0759. The lowest BCUT2D eigenvalue weighted by atomic mass is 10.2. The number of urea groups is 1. The minimum absolute atomic E-state index is 0.0759. The van der Waals surface area contributed by atoms with Gasteiger partial charge in [0.15, 0.2) is 6.61 Å². The number of carbonyl (C=O) groups is 3. The first-order valence-corrected chi connectivity index (χ1v) is 8.94. The first-order chi connectivity index (χ1) is 12.2. The van der Waals surface area contributed by atoms with E-state index in [1.54, 1.807) is 13.8 Å². The van der Waals surface area contributed by atoms with E-state index in [0.717, 1.165) is 6.07 Å². The van der Waals surface area contributed by atoms with E-state index in [0.29, 0.717) is 0 Å². The maximum absolute atomic E-state index is 12.0. The number of sulfonamides is 1. The quantitative estimate of drug-likeness (QED) is 0.450. The van der Waals surface area contributed by atoms with Crippen molar-refractivity contribution >= 4 is 27.9 Å². The third-order valence-electron chi connectivity index (χ3n) is 2.75. The zero-order valence-electron chi connectivity index (χ0n) is 14.2. The van der Waals surface area contributed by atoms with Crippen LogP contribution in [0.25, 0.3) is 0 Å². The van der Waals surface area contributed by atoms with E-state index in [1.165, 1.54) is 18.2 Å². The Hall–Kier alpha value is -2.90. The maximum Gasteiger partial charge on any atom is 0.338 e. The number of ether oxygens (including phenoxy) is 1. The van der Waals surface area contributed by atoms with Crippen LogP contribution < -0.4 is 15.4 Å². The van der Waals surface area contributed by atoms with Crippen LogP contribution in [0.5, 0.6) is 0 Å². The molecule has 0 spiro atoms. The molecule has 1 aromatic rings. The lowest BCUT2D eigenvalue weighted by Crippen LogP contribution is -2.44. The van der Waals surface area contributed by atoms with Crippen molar-refractivity contribution in [1.29, 1.82) is 0 Å². The summed E-state index contributed by atoms with van der Waals surface area (Å²) in [4.78, 5) is 34.7. The van der Waals surface area contributed by atoms with Crippen molar-refractivity contribution in [1.82, 2.24) is 15.4 Å². The van der Waals surface area contributed by atoms with Crippen LogP contribution in [0.4, 0.5) is 4.79 Å². The van der Waals surface area contributed by atoms with Crippen LogP contribution in [0.3, 0.4) is 0 Å². The molecule has 3 amide bonds. The van der Waals surface area contributed by atoms with Gasteiger partial charge in [0.25, 0.3) is 5.91 Å². The van der Waals surface area contributed by atoms with Gasteiger partial charge in [0.05, 0.1) is 17.0 Å². The van der Waals surface area contributed by atoms with Crippen LogP contribution in [-0.2, 0) is 19.6 Å². The molecule has 0 saturated heterocycles. The minimum atomic E-state index is -3.87. The zero-order valence-corrected chi connectivity index (χ0v) is 15.1. The molecule has 26 heavy (non-hydrogen) atoms. The van der Waals surface area contributed by atoms with Crippen molar-refractivity contribution in [3.05, 3.63) is 29.8 Å². The average molecular weight is 381 g/mol. The second-order valence-electron chi connectivity index (χ2n) is 5.31. The van der Waals surface area contributed by atoms with Crippen LogP contribution in [0.1, 0.15) is 24.2 Å². The summed E-state index contributed by atoms with van der Waals surface area (Å²) in [5.74, 6) is 0.391. The number of benzene rings is 1. The molecular formula is C16H19N3O6S. The molecule has 0 atom stereocenters. The number of amides is 3. The summed E-state index contributed by atoms with van der Waals surface area (Å²) >= 11 is 0. The molecule has 0 radical (unpaired) electrons. The standard InChI is InChI=1S/C16H19N3O6S/c1-4-8-17-26(23,24)13-7-5-6-12(9-13)15(21)25-10-14(20)19-16(22)18-11(2)3/h1,5-7,9,11,17H,8,10H2,2-3H3,(H2,18,19,20,22). The highest BCUT2D eigenvalue weighted by atomic mass is 32.2. The third-order valence-corrected chi connectivity index (χ3v) is 4.15. The van der Waals surface area contributed by atoms with Gasteiger partial charge in [0, 0.05) is 6.04 Å². The Morgan fingerprint density at radius 2 is 1.96 bits per heavy atom. The Kier molecular flexibility index (Phi) is 7.77. The van der Waals surface area contributed by atoms with Gasteiger partial charge in [-0.3, -0.25) is 10.1 Å². The number of esters is 1. The lowest BCUT2D eigenvalue weighted by molar-refractivity contribution is -0.123. The highest BCUT2D eigenvalue weighted by Crippen LogP contribution is 2.12. The van der Waals surface area contributed by atoms with Crippen molar-refractivity contribution in [3.63, 3.8) is 0 Å². The zero-order chi connectivity index (χ0) is 19.7. The number of rotatable bonds is 7. The Morgan fingerprint density at radius 3 is 2.58 bits per heavy atom. The van der Waals surface area contributed by atoms with Gasteiger partial charge in [-0.25, -0.2) is 18.0 Å². The van der Waals surface area contributed by atoms with E-state index in [2.05, 4.69) is 16.0 Å². The molecule has 1 aromatic carbocycles. The number of imide groups is 1. The van der Waals surface area contributed by atoms with Gasteiger partial charge >= 0.3 is 12.0 Å². The molecule has 0 heterocycles. The molecule has 0 fully saturated rings. The largest absolute Gasteiger partial charge is 0.452 e. The number of carbonyl (C=O) groups excluding carboxylic acids is 3. The SMILES string of the molecule is C#CCNS(=O)(=O)c1cccc(C(=O)OCC(=O)NC(=O)NC(C)C)c1. The Morgan fingerprint density at radius 1 is 1.27 bits per heavy atom. The van der Waals surface area contributed by atoms with Crippen molar-refractivity contribution in [2.45, 2.75) is 24.8 Å². The molecule has 140 valence electrons. The van der Waals surface area contributed by atoms with Crippen LogP contribution in [0.15, 0.2) is 29.2 Å². The van der Waals surface area contributed by atoms with Crippen LogP contribution in [0.2, 0.25) is 0 Å². The van der Waals surface area contributed by atoms with Crippen LogP contribution >= 0.6 is 0 Å². The van der Waals surface area contributed by atoms with Gasteiger partial charge in [-0.1, -0.05) is 12.0 Å². The fourth-order valence-corrected chi connectivity index (χ4v) is 2.67. The van der Waals surface area contributed by atoms with Gasteiger partial charge in [-0.15, -0.1) is 6.42 Å². The topological polar surface area (TPSA) is 131 Å². The lowest BCUT2D eigenvalue weighted by Gasteiger charge is -2.10. The van der Waals surface area contributed by atoms with E-state index in [-0.39, 0.29) is 23.0 Å². The van der Waals surface area contributed by atoms with Crippen molar-refractivity contribution in [2.75, 3.05) is 13.2 Å². The van der Waals surface area contributed by atoms with Crippen molar-refractivity contribution in [2.24, 2.45) is 0 Å². The van der Waals surface area contributed by atoms with E-state index in [9.17, 15) is 22.8 Å². The van der Waals surface area contributed by atoms with Crippen molar-refractivity contribution in [3.8, 4) is 12.3 Å². The predicted molar refractivity (Wildman–Crippen MR) is 92.6 cm³/mol. The van der Waals surface area contributed by atoms with Gasteiger partial charge in [-0.2, -0.15) is 4.72 Å². The van der Waals surface area contributed by atoms with Crippen LogP contribution in [0, 0.1) is 12.3 Å². The maximum atomic E-state index is 12.0. The Labute approximate surface area is 151 Å². The van der Waals surface area contributed by atoms with E-state index >= 15 is 0 Å². The molecule has 1 rings (SSSR count). The summed E-state index contributed by atoms with van der Waals surface area (Å²) < 4.78 is 30.9. The van der Waals surface area contributed by atoms with Gasteiger partial charge < -0.3 is 10.1 Å². The molecule has 9 nitrogen and oxygen atoms in total. The molecule has 0 bridgehead atoms. The molecule has 0 aliphatic heterocycles. The molecule has 10 heteroatoms. The Balaban J connectivity index is 2.69. The summed E-state index contributed by atoms with van der Waals surface area (Å²) in [5, 5.41) is 4.42. The molecule has 3 N–H and O–H groups in total. The molecular weight excluding hydrogens is 362 g/mol. The highest BCUT2D eigenvalue weighted by molar-refractivity contribution is 7.89. The predicted octanol–water partition coefficient (Wildman–Crippen LogP) is -0.0109. The summed E-state index contributed by atoms with van der Waals surface area (Å²) in [6.45, 7) is 2.53. The highest BCUT2D eigenvalue weighted by Gasteiger charge is 2.17. The molecule has 0 saturated carbocycles. The summed E-state index contributed by atoms with van der Waals surface area (Å²) in [6, 6.07) is 4.15. The first-order valence-electron chi connectivity index (χ1n) is 7.46. The summed E-state index contributed by atoms with van der Waals surface area (Å²) in [6.07, 6.45) is 5.00.